The summed E-state index contributed by atoms with van der Waals surface area (Å²) in [6.45, 7) is 4.03. The molecule has 0 aliphatic rings. The number of hydrogen-bond acceptors (Lipinski definition) is 8. The lowest BCUT2D eigenvalue weighted by molar-refractivity contribution is -0.148. The van der Waals surface area contributed by atoms with E-state index in [1.165, 1.54) is 0 Å². The van der Waals surface area contributed by atoms with E-state index in [-0.39, 0.29) is 13.2 Å². The highest BCUT2D eigenvalue weighted by atomic mass is 16.6. The van der Waals surface area contributed by atoms with E-state index in [0.717, 1.165) is 23.1 Å². The first kappa shape index (κ1) is 28.2. The Morgan fingerprint density at radius 3 is 1.89 bits per heavy atom. The van der Waals surface area contributed by atoms with Crippen molar-refractivity contribution in [1.29, 1.82) is 0 Å². The second-order valence-electron chi connectivity index (χ2n) is 8.79. The van der Waals surface area contributed by atoms with Crippen molar-refractivity contribution in [3.63, 3.8) is 0 Å². The molecule has 2 aromatic carbocycles. The third-order valence-corrected chi connectivity index (χ3v) is 4.61. The van der Waals surface area contributed by atoms with Gasteiger partial charge in [-0.3, -0.25) is 9.69 Å². The number of methoxy groups -OCH3 is 1. The second kappa shape index (κ2) is 13.7. The highest BCUT2D eigenvalue weighted by Crippen LogP contribution is 2.12. The van der Waals surface area contributed by atoms with Gasteiger partial charge < -0.3 is 24.3 Å². The normalized spacial score (nSPS) is 11.6. The Hall–Kier alpha value is -4.08. The number of carbonyl (C=O) groups excluding carboxylic acids is 4. The summed E-state index contributed by atoms with van der Waals surface area (Å²) in [5.74, 6) is -1.56. The highest BCUT2D eigenvalue weighted by Gasteiger charge is 2.31. The quantitative estimate of drug-likeness (QED) is 0.389. The van der Waals surface area contributed by atoms with Gasteiger partial charge in [0.2, 0.25) is 0 Å². The molecule has 10 nitrogen and oxygen atoms in total. The number of ether oxygens (including phenoxy) is 4. The molecule has 36 heavy (non-hydrogen) atoms. The molecule has 0 aliphatic carbocycles. The Morgan fingerprint density at radius 2 is 1.39 bits per heavy atom. The number of amides is 2. The summed E-state index contributed by atoms with van der Waals surface area (Å²) in [6.07, 6.45) is -1.77. The van der Waals surface area contributed by atoms with Crippen LogP contribution in [0, 0.1) is 0 Å². The summed E-state index contributed by atoms with van der Waals surface area (Å²) in [6, 6.07) is 16.7. The molecule has 2 rings (SSSR count). The molecule has 0 saturated heterocycles. The van der Waals surface area contributed by atoms with Gasteiger partial charge in [-0.25, -0.2) is 14.4 Å². The van der Waals surface area contributed by atoms with Gasteiger partial charge in [-0.2, -0.15) is 0 Å². The van der Waals surface area contributed by atoms with E-state index >= 15 is 0 Å². The van der Waals surface area contributed by atoms with Crippen molar-refractivity contribution < 1.29 is 38.1 Å². The summed E-state index contributed by atoms with van der Waals surface area (Å²) in [5.41, 5.74) is 0.648. The van der Waals surface area contributed by atoms with Gasteiger partial charge in [0.25, 0.3) is 0 Å². The van der Waals surface area contributed by atoms with Gasteiger partial charge >= 0.3 is 24.1 Å². The number of esters is 2. The Bertz CT molecular complexity index is 1010. The van der Waals surface area contributed by atoms with Crippen LogP contribution in [0.15, 0.2) is 60.7 Å². The predicted octanol–water partition coefficient (Wildman–Crippen LogP) is 3.43. The number of alkyl carbamates (subject to hydrolysis) is 1. The van der Waals surface area contributed by atoms with Gasteiger partial charge in [-0.05, 0) is 31.9 Å². The van der Waals surface area contributed by atoms with Crippen molar-refractivity contribution in [2.24, 2.45) is 0 Å². The lowest BCUT2D eigenvalue weighted by atomic mass is 10.2. The molecule has 0 saturated carbocycles. The molecule has 0 bridgehead atoms. The van der Waals surface area contributed by atoms with Crippen molar-refractivity contribution in [3.8, 4) is 0 Å². The van der Waals surface area contributed by atoms with Crippen LogP contribution >= 0.6 is 0 Å². The summed E-state index contributed by atoms with van der Waals surface area (Å²) < 4.78 is 20.6. The Balaban J connectivity index is 2.07. The number of nitrogens with one attached hydrogen (secondary N) is 1. The molecule has 194 valence electrons. The molecule has 0 heterocycles. The first-order valence-corrected chi connectivity index (χ1v) is 11.3. The lowest BCUT2D eigenvalue weighted by Gasteiger charge is -2.29. The van der Waals surface area contributed by atoms with E-state index in [1.807, 2.05) is 12.1 Å². The Morgan fingerprint density at radius 1 is 0.861 bits per heavy atom. The SMILES string of the molecule is COC(=O)C(CN(CC(=O)OCc1ccccc1)C(=O)OC(C)(C)C)NC(=O)OCc1ccccc1. The van der Waals surface area contributed by atoms with E-state index in [1.54, 1.807) is 69.3 Å². The van der Waals surface area contributed by atoms with Gasteiger partial charge in [-0.15, -0.1) is 0 Å². The zero-order chi connectivity index (χ0) is 26.6. The van der Waals surface area contributed by atoms with E-state index in [0.29, 0.717) is 0 Å². The van der Waals surface area contributed by atoms with Crippen molar-refractivity contribution in [2.75, 3.05) is 20.2 Å². The zero-order valence-electron chi connectivity index (χ0n) is 20.9. The maximum absolute atomic E-state index is 12.8. The minimum atomic E-state index is -1.33. The highest BCUT2D eigenvalue weighted by molar-refractivity contribution is 5.83. The number of benzene rings is 2. The maximum Gasteiger partial charge on any atom is 0.410 e. The minimum absolute atomic E-state index is 0.00627. The Kier molecular flexibility index (Phi) is 10.7. The van der Waals surface area contributed by atoms with Crippen LogP contribution < -0.4 is 5.32 Å². The van der Waals surface area contributed by atoms with Crippen molar-refractivity contribution >= 4 is 24.1 Å². The Labute approximate surface area is 210 Å². The molecule has 2 aromatic rings. The predicted molar refractivity (Wildman–Crippen MR) is 130 cm³/mol. The molecular formula is C26H32N2O8. The molecule has 1 N–H and O–H groups in total. The van der Waals surface area contributed by atoms with Crippen LogP contribution in [0.1, 0.15) is 31.9 Å². The molecule has 0 aromatic heterocycles. The number of rotatable bonds is 10. The van der Waals surface area contributed by atoms with Gasteiger partial charge in [0.1, 0.15) is 31.4 Å². The second-order valence-corrected chi connectivity index (χ2v) is 8.79. The van der Waals surface area contributed by atoms with E-state index in [2.05, 4.69) is 5.32 Å². The smallest absolute Gasteiger partial charge is 0.410 e. The molecule has 0 aliphatic heterocycles. The van der Waals surface area contributed by atoms with E-state index in [4.69, 9.17) is 18.9 Å². The van der Waals surface area contributed by atoms with E-state index < -0.39 is 48.9 Å². The first-order chi connectivity index (χ1) is 17.1. The maximum atomic E-state index is 12.8. The summed E-state index contributed by atoms with van der Waals surface area (Å²) in [7, 11) is 1.14. The first-order valence-electron chi connectivity index (χ1n) is 11.3. The fourth-order valence-corrected chi connectivity index (χ4v) is 2.92. The van der Waals surface area contributed by atoms with Crippen LogP contribution in [0.2, 0.25) is 0 Å². The summed E-state index contributed by atoms with van der Waals surface area (Å²) in [4.78, 5) is 51.0. The van der Waals surface area contributed by atoms with Crippen molar-refractivity contribution in [2.45, 2.75) is 45.6 Å². The number of nitrogens with zero attached hydrogens (tertiary/aromatic N) is 1. The lowest BCUT2D eigenvalue weighted by Crippen LogP contribution is -2.52. The molecule has 1 unspecified atom stereocenters. The molecule has 0 fully saturated rings. The van der Waals surface area contributed by atoms with Crippen molar-refractivity contribution in [3.05, 3.63) is 71.8 Å². The average Bonchev–Trinajstić information content (AvgIpc) is 2.85. The van der Waals surface area contributed by atoms with Crippen LogP contribution in [-0.4, -0.2) is 60.9 Å². The van der Waals surface area contributed by atoms with Crippen LogP contribution in [0.5, 0.6) is 0 Å². The largest absolute Gasteiger partial charge is 0.467 e. The molecule has 10 heteroatoms. The third kappa shape index (κ3) is 10.5. The molecular weight excluding hydrogens is 468 g/mol. The standard InChI is InChI=1S/C26H32N2O8/c1-26(2,3)36-25(32)28(16-22(29)34-17-19-11-7-5-8-12-19)15-21(23(30)33-4)27-24(31)35-18-20-13-9-6-10-14-20/h5-14,21H,15-18H2,1-4H3,(H,27,31). The molecule has 0 spiro atoms. The van der Waals surface area contributed by atoms with Crippen LogP contribution in [0.25, 0.3) is 0 Å². The van der Waals surface area contributed by atoms with Crippen molar-refractivity contribution in [1.82, 2.24) is 10.2 Å². The van der Waals surface area contributed by atoms with Gasteiger partial charge in [0.15, 0.2) is 0 Å². The monoisotopic (exact) mass is 500 g/mol. The van der Waals surface area contributed by atoms with Crippen LogP contribution in [0.3, 0.4) is 0 Å². The minimum Gasteiger partial charge on any atom is -0.467 e. The average molecular weight is 501 g/mol. The van der Waals surface area contributed by atoms with Gasteiger partial charge in [-0.1, -0.05) is 60.7 Å². The fourth-order valence-electron chi connectivity index (χ4n) is 2.92. The molecule has 1 atom stereocenters. The van der Waals surface area contributed by atoms with E-state index in [9.17, 15) is 19.2 Å². The number of carbonyl (C=O) groups is 4. The topological polar surface area (TPSA) is 120 Å². The fraction of sp³-hybridized carbons (Fsp3) is 0.385. The molecule has 2 amide bonds. The number of hydrogen-bond donors (Lipinski definition) is 1. The summed E-state index contributed by atoms with van der Waals surface area (Å²) in [5, 5.41) is 2.38. The molecule has 0 radical (unpaired) electrons. The third-order valence-electron chi connectivity index (χ3n) is 4.61. The van der Waals surface area contributed by atoms with Gasteiger partial charge in [0, 0.05) is 0 Å². The summed E-state index contributed by atoms with van der Waals surface area (Å²) >= 11 is 0. The zero-order valence-corrected chi connectivity index (χ0v) is 20.9. The van der Waals surface area contributed by atoms with Crippen LogP contribution in [-0.2, 0) is 41.8 Å². The van der Waals surface area contributed by atoms with Crippen LogP contribution in [0.4, 0.5) is 9.59 Å². The van der Waals surface area contributed by atoms with Gasteiger partial charge in [0.05, 0.1) is 13.7 Å².